The van der Waals surface area contributed by atoms with Crippen molar-refractivity contribution in [1.29, 1.82) is 0 Å². The summed E-state index contributed by atoms with van der Waals surface area (Å²) < 4.78 is 13.4. The molecule has 160 valence electrons. The van der Waals surface area contributed by atoms with E-state index in [4.69, 9.17) is 9.47 Å². The fourth-order valence-corrected chi connectivity index (χ4v) is 9.54. The summed E-state index contributed by atoms with van der Waals surface area (Å²) in [6.45, 7) is 10.9. The molecular formula is C27H40O2. The van der Waals surface area contributed by atoms with Gasteiger partial charge < -0.3 is 9.47 Å². The lowest BCUT2D eigenvalue weighted by atomic mass is 9.45. The molecule has 2 nitrogen and oxygen atoms in total. The second-order valence-electron chi connectivity index (χ2n) is 12.3. The molecule has 2 aliphatic heterocycles. The Labute approximate surface area is 177 Å². The van der Waals surface area contributed by atoms with Crippen LogP contribution in [0.1, 0.15) is 79.1 Å². The van der Waals surface area contributed by atoms with Crippen molar-refractivity contribution in [3.63, 3.8) is 0 Å². The number of allylic oxidation sites excluding steroid dienone is 1. The predicted octanol–water partition coefficient (Wildman–Crippen LogP) is 6.36. The Balaban J connectivity index is 1.28. The van der Waals surface area contributed by atoms with Gasteiger partial charge in [0.2, 0.25) is 0 Å². The van der Waals surface area contributed by atoms with Crippen molar-refractivity contribution in [1.82, 2.24) is 0 Å². The van der Waals surface area contributed by atoms with E-state index in [1.54, 1.807) is 0 Å². The lowest BCUT2D eigenvalue weighted by Crippen LogP contribution is -2.53. The standard InChI is InChI=1S/C27H40O2/c1-17-10-14-27(28-16-17)18(2)24-23(29-27)15-22-20-9-8-19-7-5-6-12-25(19,3)21(20)11-13-26(22,24)4/h6-7,17-24H,8-16H2,1-4H3/t17?,18-,19-,20?,21?,22?,23-,24?,25-,26-,27+/m0/s1. The molecule has 1 spiro atoms. The van der Waals surface area contributed by atoms with E-state index < -0.39 is 0 Å². The maximum atomic E-state index is 6.90. The van der Waals surface area contributed by atoms with Gasteiger partial charge in [0.1, 0.15) is 0 Å². The molecule has 0 bridgehead atoms. The van der Waals surface area contributed by atoms with E-state index in [2.05, 4.69) is 45.6 Å². The van der Waals surface area contributed by atoms with Crippen molar-refractivity contribution in [2.24, 2.45) is 52.3 Å². The van der Waals surface area contributed by atoms with E-state index in [0.717, 1.165) is 36.7 Å². The first-order valence-electron chi connectivity index (χ1n) is 12.6. The molecule has 0 N–H and O–H groups in total. The monoisotopic (exact) mass is 396 g/mol. The smallest absolute Gasteiger partial charge is 0.171 e. The summed E-state index contributed by atoms with van der Waals surface area (Å²) in [4.78, 5) is 0. The molecule has 0 amide bonds. The van der Waals surface area contributed by atoms with E-state index in [-0.39, 0.29) is 5.79 Å². The molecule has 2 heteroatoms. The molecule has 6 aliphatic rings. The van der Waals surface area contributed by atoms with Crippen LogP contribution in [0.15, 0.2) is 17.9 Å². The van der Waals surface area contributed by atoms with Crippen LogP contribution in [0.4, 0.5) is 0 Å². The molecule has 2 saturated heterocycles. The lowest BCUT2D eigenvalue weighted by molar-refractivity contribution is -0.273. The first-order chi connectivity index (χ1) is 13.9. The highest BCUT2D eigenvalue weighted by Gasteiger charge is 2.68. The summed E-state index contributed by atoms with van der Waals surface area (Å²) in [6.07, 6.45) is 15.7. The number of hydrogen-bond donors (Lipinski definition) is 0. The van der Waals surface area contributed by atoms with E-state index in [9.17, 15) is 0 Å². The quantitative estimate of drug-likeness (QED) is 0.443. The Hall–Kier alpha value is -0.560. The maximum absolute atomic E-state index is 6.90. The van der Waals surface area contributed by atoms with Crippen LogP contribution in [0, 0.1) is 52.3 Å². The summed E-state index contributed by atoms with van der Waals surface area (Å²) in [5.41, 5.74) is 4.37. The molecule has 0 aromatic heterocycles. The Morgan fingerprint density at radius 3 is 2.62 bits per heavy atom. The zero-order valence-electron chi connectivity index (χ0n) is 19.0. The van der Waals surface area contributed by atoms with Gasteiger partial charge in [-0.3, -0.25) is 0 Å². The summed E-state index contributed by atoms with van der Waals surface area (Å²) in [6, 6.07) is 0. The molecule has 11 atom stereocenters. The highest BCUT2D eigenvalue weighted by atomic mass is 16.7. The first kappa shape index (κ1) is 19.1. The number of rotatable bonds is 0. The van der Waals surface area contributed by atoms with Crippen LogP contribution in [0.2, 0.25) is 0 Å². The van der Waals surface area contributed by atoms with Gasteiger partial charge in [-0.2, -0.15) is 0 Å². The molecular weight excluding hydrogens is 356 g/mol. The van der Waals surface area contributed by atoms with Crippen LogP contribution < -0.4 is 0 Å². The Morgan fingerprint density at radius 1 is 0.966 bits per heavy atom. The average Bonchev–Trinajstić information content (AvgIpc) is 3.15. The fraction of sp³-hybridized carbons (Fsp3) is 0.889. The van der Waals surface area contributed by atoms with E-state index >= 15 is 0 Å². The van der Waals surface area contributed by atoms with Crippen LogP contribution in [-0.2, 0) is 9.47 Å². The van der Waals surface area contributed by atoms with Gasteiger partial charge in [0.05, 0.1) is 12.7 Å². The molecule has 5 fully saturated rings. The molecule has 0 radical (unpaired) electrons. The van der Waals surface area contributed by atoms with Gasteiger partial charge in [-0.15, -0.1) is 5.73 Å². The molecule has 3 saturated carbocycles. The second-order valence-corrected chi connectivity index (χ2v) is 12.3. The van der Waals surface area contributed by atoms with Crippen molar-refractivity contribution < 1.29 is 9.47 Å². The molecule has 0 aromatic rings. The SMILES string of the molecule is CC1CC[C@@]2(OC1)O[C@H]1CC3C4CC[C@@H]5C=C=CC[C@]5(C)C4CC[C@]3(C)C1[C@@H]2C. The minimum Gasteiger partial charge on any atom is -0.349 e. The highest BCUT2D eigenvalue weighted by molar-refractivity contribution is 5.17. The highest BCUT2D eigenvalue weighted by Crippen LogP contribution is 2.70. The zero-order chi connectivity index (χ0) is 20.0. The van der Waals surface area contributed by atoms with E-state index in [0.29, 0.717) is 34.7 Å². The molecule has 0 aromatic carbocycles. The van der Waals surface area contributed by atoms with Gasteiger partial charge in [0.25, 0.3) is 0 Å². The molecule has 5 unspecified atom stereocenters. The number of fused-ring (bicyclic) bond motifs is 7. The topological polar surface area (TPSA) is 18.5 Å². The third-order valence-corrected chi connectivity index (χ3v) is 11.2. The summed E-state index contributed by atoms with van der Waals surface area (Å²) >= 11 is 0. The van der Waals surface area contributed by atoms with Gasteiger partial charge in [-0.05, 0) is 103 Å². The van der Waals surface area contributed by atoms with Gasteiger partial charge in [-0.1, -0.05) is 27.7 Å². The van der Waals surface area contributed by atoms with E-state index in [1.807, 2.05) is 0 Å². The van der Waals surface area contributed by atoms with Crippen molar-refractivity contribution in [3.8, 4) is 0 Å². The Bertz CT molecular complexity index is 742. The van der Waals surface area contributed by atoms with Gasteiger partial charge in [-0.25, -0.2) is 0 Å². The number of ether oxygens (including phenoxy) is 2. The van der Waals surface area contributed by atoms with Crippen LogP contribution in [0.25, 0.3) is 0 Å². The average molecular weight is 397 g/mol. The summed E-state index contributed by atoms with van der Waals surface area (Å²) in [7, 11) is 0. The minimum absolute atomic E-state index is 0.269. The Morgan fingerprint density at radius 2 is 1.83 bits per heavy atom. The summed E-state index contributed by atoms with van der Waals surface area (Å²) in [5, 5.41) is 0. The van der Waals surface area contributed by atoms with Crippen molar-refractivity contribution >= 4 is 0 Å². The Kier molecular flexibility index (Phi) is 4.12. The minimum atomic E-state index is -0.269. The molecule has 6 rings (SSSR count). The largest absolute Gasteiger partial charge is 0.349 e. The third-order valence-electron chi connectivity index (χ3n) is 11.2. The van der Waals surface area contributed by atoms with Crippen LogP contribution in [0.5, 0.6) is 0 Å². The molecule has 4 aliphatic carbocycles. The lowest BCUT2D eigenvalue weighted by Gasteiger charge is -2.59. The number of hydrogen-bond acceptors (Lipinski definition) is 2. The molecule has 2 heterocycles. The van der Waals surface area contributed by atoms with Crippen molar-refractivity contribution in [2.45, 2.75) is 91.0 Å². The van der Waals surface area contributed by atoms with Crippen LogP contribution >= 0.6 is 0 Å². The molecule has 29 heavy (non-hydrogen) atoms. The first-order valence-corrected chi connectivity index (χ1v) is 12.6. The normalized spacial score (nSPS) is 60.6. The van der Waals surface area contributed by atoms with Crippen molar-refractivity contribution in [2.75, 3.05) is 6.61 Å². The fourth-order valence-electron chi connectivity index (χ4n) is 9.54. The maximum Gasteiger partial charge on any atom is 0.171 e. The summed E-state index contributed by atoms with van der Waals surface area (Å²) in [5.74, 6) is 5.06. The van der Waals surface area contributed by atoms with Crippen LogP contribution in [0.3, 0.4) is 0 Å². The van der Waals surface area contributed by atoms with Gasteiger partial charge >= 0.3 is 0 Å². The van der Waals surface area contributed by atoms with E-state index in [1.165, 1.54) is 44.9 Å². The van der Waals surface area contributed by atoms with Crippen LogP contribution in [-0.4, -0.2) is 18.5 Å². The predicted molar refractivity (Wildman–Crippen MR) is 115 cm³/mol. The third kappa shape index (κ3) is 2.43. The van der Waals surface area contributed by atoms with Crippen molar-refractivity contribution in [3.05, 3.63) is 17.9 Å². The van der Waals surface area contributed by atoms with Gasteiger partial charge in [0.15, 0.2) is 5.79 Å². The second kappa shape index (κ2) is 6.24. The van der Waals surface area contributed by atoms with Gasteiger partial charge in [0, 0.05) is 12.3 Å². The zero-order valence-corrected chi connectivity index (χ0v) is 19.0.